The van der Waals surface area contributed by atoms with E-state index < -0.39 is 22.6 Å². The van der Waals surface area contributed by atoms with Crippen LogP contribution in [0.4, 0.5) is 0 Å². The van der Waals surface area contributed by atoms with Crippen LogP contribution in [0.5, 0.6) is 0 Å². The van der Waals surface area contributed by atoms with Crippen LogP contribution in [0.1, 0.15) is 32.1 Å². The van der Waals surface area contributed by atoms with Crippen LogP contribution in [-0.4, -0.2) is 22.3 Å². The Bertz CT molecular complexity index is 384. The SMILES string of the molecule is O=C(O)[C@]12C[C@H]3C[C@H](C[C@@H]1C3)C[C@@H]2O[N+](=O)[O-]. The summed E-state index contributed by atoms with van der Waals surface area (Å²) < 4.78 is 0. The quantitative estimate of drug-likeness (QED) is 0.597. The molecule has 0 aliphatic heterocycles. The van der Waals surface area contributed by atoms with Crippen molar-refractivity contribution in [1.29, 1.82) is 0 Å². The van der Waals surface area contributed by atoms with Crippen LogP contribution in [-0.2, 0) is 9.63 Å². The molecule has 0 radical (unpaired) electrons. The van der Waals surface area contributed by atoms with E-state index in [1.165, 1.54) is 0 Å². The van der Waals surface area contributed by atoms with Gasteiger partial charge in [-0.2, -0.15) is 0 Å². The molecule has 1 N–H and O–H groups in total. The molecule has 0 saturated heterocycles. The van der Waals surface area contributed by atoms with Gasteiger partial charge in [0.05, 0.1) is 5.41 Å². The third-order valence-electron chi connectivity index (χ3n) is 4.99. The molecule has 3 saturated carbocycles. The minimum absolute atomic E-state index is 0.0717. The molecule has 0 unspecified atom stereocenters. The van der Waals surface area contributed by atoms with E-state index >= 15 is 0 Å². The van der Waals surface area contributed by atoms with E-state index in [-0.39, 0.29) is 5.92 Å². The van der Waals surface area contributed by atoms with Crippen molar-refractivity contribution in [3.05, 3.63) is 10.1 Å². The Balaban J connectivity index is 1.98. The number of hydrogen-bond donors (Lipinski definition) is 1. The summed E-state index contributed by atoms with van der Waals surface area (Å²) in [6.07, 6.45) is 3.16. The summed E-state index contributed by atoms with van der Waals surface area (Å²) in [5.74, 6) is 0.00790. The normalized spacial score (nSPS) is 46.8. The lowest BCUT2D eigenvalue weighted by Gasteiger charge is -2.44. The van der Waals surface area contributed by atoms with Gasteiger partial charge in [-0.25, -0.2) is 0 Å². The highest BCUT2D eigenvalue weighted by Gasteiger charge is 2.64. The maximum atomic E-state index is 11.6. The fourth-order valence-electron chi connectivity index (χ4n) is 4.54. The molecule has 3 fully saturated rings. The molecule has 6 nitrogen and oxygen atoms in total. The summed E-state index contributed by atoms with van der Waals surface area (Å²) in [5.41, 5.74) is -0.995. The third kappa shape index (κ3) is 1.36. The molecule has 94 valence electrons. The molecule has 0 heterocycles. The molecule has 0 amide bonds. The van der Waals surface area contributed by atoms with Crippen molar-refractivity contribution in [3.8, 4) is 0 Å². The summed E-state index contributed by atoms with van der Waals surface area (Å²) in [4.78, 5) is 26.9. The van der Waals surface area contributed by atoms with Crippen LogP contribution in [0.15, 0.2) is 0 Å². The number of rotatable bonds is 3. The number of hydrogen-bond acceptors (Lipinski definition) is 4. The molecule has 3 bridgehead atoms. The van der Waals surface area contributed by atoms with E-state index in [1.54, 1.807) is 0 Å². The second-order valence-corrected chi connectivity index (χ2v) is 5.74. The minimum Gasteiger partial charge on any atom is -0.481 e. The van der Waals surface area contributed by atoms with Gasteiger partial charge in [0.2, 0.25) is 0 Å². The Hall–Kier alpha value is -1.33. The fraction of sp³-hybridized carbons (Fsp3) is 0.909. The van der Waals surface area contributed by atoms with Gasteiger partial charge in [-0.1, -0.05) is 0 Å². The van der Waals surface area contributed by atoms with Gasteiger partial charge in [-0.05, 0) is 49.9 Å². The van der Waals surface area contributed by atoms with Gasteiger partial charge in [0.15, 0.2) is 0 Å². The van der Waals surface area contributed by atoms with Crippen LogP contribution in [0, 0.1) is 33.3 Å². The third-order valence-corrected chi connectivity index (χ3v) is 4.99. The van der Waals surface area contributed by atoms with E-state index in [0.717, 1.165) is 19.3 Å². The van der Waals surface area contributed by atoms with Crippen LogP contribution in [0.3, 0.4) is 0 Å². The highest BCUT2D eigenvalue weighted by Crippen LogP contribution is 2.62. The van der Waals surface area contributed by atoms with Crippen molar-refractivity contribution in [2.45, 2.75) is 38.2 Å². The Morgan fingerprint density at radius 3 is 2.65 bits per heavy atom. The first-order valence-corrected chi connectivity index (χ1v) is 6.07. The Morgan fingerprint density at radius 1 is 1.29 bits per heavy atom. The Morgan fingerprint density at radius 2 is 2.00 bits per heavy atom. The van der Waals surface area contributed by atoms with Gasteiger partial charge < -0.3 is 9.94 Å². The smallest absolute Gasteiger partial charge is 0.312 e. The lowest BCUT2D eigenvalue weighted by molar-refractivity contribution is -0.773. The predicted molar refractivity (Wildman–Crippen MR) is 55.5 cm³/mol. The number of nitrogens with zero attached hydrogens (tertiary/aromatic N) is 1. The first kappa shape index (κ1) is 10.8. The van der Waals surface area contributed by atoms with E-state index in [1.807, 2.05) is 0 Å². The molecular formula is C11H15NO5. The number of aliphatic carboxylic acids is 1. The van der Waals surface area contributed by atoms with Gasteiger partial charge in [0.25, 0.3) is 5.09 Å². The summed E-state index contributed by atoms with van der Waals surface area (Å²) in [7, 11) is 0. The molecule has 3 rings (SSSR count). The van der Waals surface area contributed by atoms with Crippen LogP contribution < -0.4 is 0 Å². The number of carboxylic acid groups (broad SMARTS) is 1. The maximum Gasteiger partial charge on any atom is 0.312 e. The molecule has 0 aromatic rings. The molecule has 0 spiro atoms. The standard InChI is InChI=1S/C11H15NO5/c13-10(14)11-5-7-1-6(2-8(11)3-7)4-9(11)17-12(15)16/h6-9H,1-5H2,(H,13,14)/t6-,7+,8-,9+,11-/m1/s1. The van der Waals surface area contributed by atoms with Crippen molar-refractivity contribution in [1.82, 2.24) is 0 Å². The summed E-state index contributed by atoms with van der Waals surface area (Å²) in [6, 6.07) is 0. The average molecular weight is 241 g/mol. The molecule has 0 aromatic carbocycles. The maximum absolute atomic E-state index is 11.6. The summed E-state index contributed by atoms with van der Waals surface area (Å²) in [5, 5.41) is 19.2. The highest BCUT2D eigenvalue weighted by molar-refractivity contribution is 5.77. The molecule has 5 atom stereocenters. The van der Waals surface area contributed by atoms with Gasteiger partial charge in [0.1, 0.15) is 6.10 Å². The molecular weight excluding hydrogens is 226 g/mol. The summed E-state index contributed by atoms with van der Waals surface area (Å²) >= 11 is 0. The molecule has 17 heavy (non-hydrogen) atoms. The average Bonchev–Trinajstić information content (AvgIpc) is 2.42. The van der Waals surface area contributed by atoms with Crippen LogP contribution >= 0.6 is 0 Å². The van der Waals surface area contributed by atoms with Crippen molar-refractivity contribution in [3.63, 3.8) is 0 Å². The van der Waals surface area contributed by atoms with Crippen molar-refractivity contribution >= 4 is 5.97 Å². The van der Waals surface area contributed by atoms with E-state index in [0.29, 0.717) is 24.7 Å². The highest BCUT2D eigenvalue weighted by atomic mass is 17.0. The molecule has 0 aromatic heterocycles. The lowest BCUT2D eigenvalue weighted by Crippen LogP contribution is -2.51. The number of carbonyl (C=O) groups is 1. The van der Waals surface area contributed by atoms with E-state index in [4.69, 9.17) is 4.84 Å². The Kier molecular flexibility index (Phi) is 2.12. The second kappa shape index (κ2) is 3.34. The van der Waals surface area contributed by atoms with Crippen molar-refractivity contribution < 1.29 is 19.8 Å². The monoisotopic (exact) mass is 241 g/mol. The number of carboxylic acids is 1. The van der Waals surface area contributed by atoms with Crippen molar-refractivity contribution in [2.75, 3.05) is 0 Å². The zero-order valence-corrected chi connectivity index (χ0v) is 9.37. The predicted octanol–water partition coefficient (Wildman–Crippen LogP) is 1.47. The largest absolute Gasteiger partial charge is 0.481 e. The number of fused-ring (bicyclic) bond motifs is 2. The zero-order chi connectivity index (χ0) is 12.2. The van der Waals surface area contributed by atoms with Crippen LogP contribution in [0.25, 0.3) is 0 Å². The van der Waals surface area contributed by atoms with Gasteiger partial charge in [-0.3, -0.25) is 4.79 Å². The van der Waals surface area contributed by atoms with E-state index in [9.17, 15) is 20.0 Å². The molecule has 3 aliphatic carbocycles. The topological polar surface area (TPSA) is 89.7 Å². The van der Waals surface area contributed by atoms with Crippen molar-refractivity contribution in [2.24, 2.45) is 23.2 Å². The minimum atomic E-state index is -0.995. The second-order valence-electron chi connectivity index (χ2n) is 5.74. The van der Waals surface area contributed by atoms with E-state index in [2.05, 4.69) is 0 Å². The first-order chi connectivity index (χ1) is 8.02. The fourth-order valence-corrected chi connectivity index (χ4v) is 4.54. The van der Waals surface area contributed by atoms with Gasteiger partial charge in [0, 0.05) is 0 Å². The molecule has 3 aliphatic rings. The van der Waals surface area contributed by atoms with Gasteiger partial charge in [-0.15, -0.1) is 10.1 Å². The Labute approximate surface area is 98.0 Å². The zero-order valence-electron chi connectivity index (χ0n) is 9.37. The van der Waals surface area contributed by atoms with Gasteiger partial charge >= 0.3 is 5.97 Å². The first-order valence-electron chi connectivity index (χ1n) is 6.07. The van der Waals surface area contributed by atoms with Crippen LogP contribution in [0.2, 0.25) is 0 Å². The lowest BCUT2D eigenvalue weighted by atomic mass is 9.63. The summed E-state index contributed by atoms with van der Waals surface area (Å²) in [6.45, 7) is 0. The molecule has 6 heteroatoms.